The molecule has 0 spiro atoms. The van der Waals surface area contributed by atoms with Gasteiger partial charge in [0.25, 0.3) is 0 Å². The molecule has 0 atom stereocenters. The molecular formula is C18H16N4. The molecule has 0 aliphatic carbocycles. The van der Waals surface area contributed by atoms with Crippen molar-refractivity contribution >= 4 is 10.9 Å². The highest BCUT2D eigenvalue weighted by Crippen LogP contribution is 2.07. The number of benzene rings is 1. The Kier molecular flexibility index (Phi) is 6.74. The number of fused-ring (bicyclic) bond motifs is 1. The van der Waals surface area contributed by atoms with Crippen molar-refractivity contribution in [1.82, 2.24) is 19.9 Å². The number of pyridine rings is 2. The number of hydrogen-bond acceptors (Lipinski definition) is 4. The van der Waals surface area contributed by atoms with Crippen molar-refractivity contribution in [2.75, 3.05) is 0 Å². The average molecular weight is 288 g/mol. The highest BCUT2D eigenvalue weighted by molar-refractivity contribution is 5.77. The molecule has 0 unspecified atom stereocenters. The van der Waals surface area contributed by atoms with Crippen molar-refractivity contribution in [2.24, 2.45) is 0 Å². The molecule has 108 valence electrons. The van der Waals surface area contributed by atoms with Gasteiger partial charge in [0.15, 0.2) is 0 Å². The van der Waals surface area contributed by atoms with Crippen LogP contribution in [-0.4, -0.2) is 19.9 Å². The summed E-state index contributed by atoms with van der Waals surface area (Å²) in [5.41, 5.74) is 1.06. The van der Waals surface area contributed by atoms with E-state index in [-0.39, 0.29) is 0 Å². The number of nitrogens with zero attached hydrogens (tertiary/aromatic N) is 4. The van der Waals surface area contributed by atoms with E-state index in [0.717, 1.165) is 5.52 Å². The van der Waals surface area contributed by atoms with Crippen LogP contribution in [0, 0.1) is 0 Å². The van der Waals surface area contributed by atoms with Crippen molar-refractivity contribution in [1.29, 1.82) is 0 Å². The molecular weight excluding hydrogens is 272 g/mol. The lowest BCUT2D eigenvalue weighted by Gasteiger charge is -1.91. The molecule has 0 radical (unpaired) electrons. The van der Waals surface area contributed by atoms with E-state index in [0.29, 0.717) is 0 Å². The van der Waals surface area contributed by atoms with Crippen molar-refractivity contribution in [3.63, 3.8) is 0 Å². The summed E-state index contributed by atoms with van der Waals surface area (Å²) in [5.74, 6) is 0. The average Bonchev–Trinajstić information content (AvgIpc) is 2.66. The lowest BCUT2D eigenvalue weighted by molar-refractivity contribution is 1.17. The SMILES string of the molecule is c1ccc2ncccc2c1.c1ccncc1.c1cncnc1. The first-order valence-corrected chi connectivity index (χ1v) is 6.81. The van der Waals surface area contributed by atoms with Gasteiger partial charge in [0.05, 0.1) is 5.52 Å². The predicted molar refractivity (Wildman–Crippen MR) is 88.0 cm³/mol. The van der Waals surface area contributed by atoms with E-state index in [4.69, 9.17) is 0 Å². The Hall–Kier alpha value is -3.14. The predicted octanol–water partition coefficient (Wildman–Crippen LogP) is 3.79. The first-order valence-electron chi connectivity index (χ1n) is 6.81. The quantitative estimate of drug-likeness (QED) is 0.494. The Balaban J connectivity index is 0.000000128. The van der Waals surface area contributed by atoms with Crippen LogP contribution in [0.25, 0.3) is 10.9 Å². The summed E-state index contributed by atoms with van der Waals surface area (Å²) in [6.07, 6.45) is 10.2. The minimum atomic E-state index is 1.06. The van der Waals surface area contributed by atoms with Crippen molar-refractivity contribution in [3.8, 4) is 0 Å². The Bertz CT molecular complexity index is 595. The Labute approximate surface area is 129 Å². The van der Waals surface area contributed by atoms with Crippen LogP contribution in [0.3, 0.4) is 0 Å². The largest absolute Gasteiger partial charge is 0.265 e. The van der Waals surface area contributed by atoms with E-state index in [9.17, 15) is 0 Å². The van der Waals surface area contributed by atoms with Gasteiger partial charge in [-0.1, -0.05) is 30.3 Å². The molecule has 1 aromatic carbocycles. The van der Waals surface area contributed by atoms with Crippen molar-refractivity contribution in [3.05, 3.63) is 98.0 Å². The first kappa shape index (κ1) is 15.3. The van der Waals surface area contributed by atoms with Gasteiger partial charge in [0, 0.05) is 36.4 Å². The Morgan fingerprint density at radius 2 is 1.18 bits per heavy atom. The van der Waals surface area contributed by atoms with Gasteiger partial charge in [-0.05, 0) is 30.3 Å². The smallest absolute Gasteiger partial charge is 0.115 e. The van der Waals surface area contributed by atoms with Crippen LogP contribution in [0.4, 0.5) is 0 Å². The van der Waals surface area contributed by atoms with Crippen LogP contribution in [0.15, 0.2) is 98.0 Å². The summed E-state index contributed by atoms with van der Waals surface area (Å²) in [7, 11) is 0. The van der Waals surface area contributed by atoms with Crippen LogP contribution in [-0.2, 0) is 0 Å². The molecule has 0 saturated heterocycles. The molecule has 4 aromatic rings. The van der Waals surface area contributed by atoms with Gasteiger partial charge in [-0.3, -0.25) is 9.97 Å². The Morgan fingerprint density at radius 3 is 1.68 bits per heavy atom. The van der Waals surface area contributed by atoms with Gasteiger partial charge < -0.3 is 0 Å². The topological polar surface area (TPSA) is 51.6 Å². The van der Waals surface area contributed by atoms with E-state index in [1.165, 1.54) is 11.7 Å². The standard InChI is InChI=1S/C9H7N.C5H5N.C4H4N2/c1-2-6-9-8(4-1)5-3-7-10-9;1-2-4-6-5-3-1;1-2-5-4-6-3-1/h1-7H;1-5H;1-4H. The normalized spacial score (nSPS) is 8.91. The molecule has 0 N–H and O–H groups in total. The van der Waals surface area contributed by atoms with Crippen LogP contribution in [0.1, 0.15) is 0 Å². The van der Waals surface area contributed by atoms with Crippen LogP contribution >= 0.6 is 0 Å². The fraction of sp³-hybridized carbons (Fsp3) is 0. The molecule has 0 fully saturated rings. The zero-order chi connectivity index (χ0) is 15.3. The van der Waals surface area contributed by atoms with Gasteiger partial charge in [-0.15, -0.1) is 0 Å². The van der Waals surface area contributed by atoms with Crippen LogP contribution in [0.2, 0.25) is 0 Å². The molecule has 22 heavy (non-hydrogen) atoms. The third kappa shape index (κ3) is 5.88. The summed E-state index contributed by atoms with van der Waals surface area (Å²) in [6.45, 7) is 0. The van der Waals surface area contributed by atoms with Crippen LogP contribution < -0.4 is 0 Å². The van der Waals surface area contributed by atoms with E-state index in [1.807, 2.05) is 48.7 Å². The maximum atomic E-state index is 4.18. The second kappa shape index (κ2) is 9.72. The molecule has 3 heterocycles. The molecule has 0 amide bonds. The molecule has 0 bridgehead atoms. The second-order valence-corrected chi connectivity index (χ2v) is 4.12. The summed E-state index contributed by atoms with van der Waals surface area (Å²) in [4.78, 5) is 15.3. The molecule has 4 heteroatoms. The summed E-state index contributed by atoms with van der Waals surface area (Å²) >= 11 is 0. The summed E-state index contributed by atoms with van der Waals surface area (Å²) in [5, 5.41) is 1.20. The maximum Gasteiger partial charge on any atom is 0.115 e. The third-order valence-corrected chi connectivity index (χ3v) is 2.56. The fourth-order valence-corrected chi connectivity index (χ4v) is 1.58. The highest BCUT2D eigenvalue weighted by Gasteiger charge is 1.86. The van der Waals surface area contributed by atoms with E-state index < -0.39 is 0 Å². The Morgan fingerprint density at radius 1 is 0.500 bits per heavy atom. The van der Waals surface area contributed by atoms with E-state index >= 15 is 0 Å². The van der Waals surface area contributed by atoms with E-state index in [2.05, 4.69) is 32.1 Å². The van der Waals surface area contributed by atoms with Gasteiger partial charge in [-0.2, -0.15) is 0 Å². The zero-order valence-electron chi connectivity index (χ0n) is 12.0. The monoisotopic (exact) mass is 288 g/mol. The fourth-order valence-electron chi connectivity index (χ4n) is 1.58. The molecule has 0 saturated carbocycles. The number of para-hydroxylation sites is 1. The lowest BCUT2D eigenvalue weighted by atomic mass is 10.2. The molecule has 4 nitrogen and oxygen atoms in total. The molecule has 0 aliphatic rings. The van der Waals surface area contributed by atoms with Crippen molar-refractivity contribution < 1.29 is 0 Å². The first-order chi connectivity index (χ1) is 11.0. The summed E-state index contributed by atoms with van der Waals surface area (Å²) < 4.78 is 0. The van der Waals surface area contributed by atoms with Gasteiger partial charge in [0.2, 0.25) is 0 Å². The maximum absolute atomic E-state index is 4.18. The number of aromatic nitrogens is 4. The number of hydrogen-bond donors (Lipinski definition) is 0. The minimum absolute atomic E-state index is 1.06. The molecule has 0 aliphatic heterocycles. The van der Waals surface area contributed by atoms with Gasteiger partial charge >= 0.3 is 0 Å². The van der Waals surface area contributed by atoms with Crippen LogP contribution in [0.5, 0.6) is 0 Å². The third-order valence-electron chi connectivity index (χ3n) is 2.56. The zero-order valence-corrected chi connectivity index (χ0v) is 12.0. The number of rotatable bonds is 0. The van der Waals surface area contributed by atoms with E-state index in [1.54, 1.807) is 30.9 Å². The van der Waals surface area contributed by atoms with Gasteiger partial charge in [-0.25, -0.2) is 9.97 Å². The summed E-state index contributed by atoms with van der Waals surface area (Å²) in [6, 6.07) is 19.6. The highest BCUT2D eigenvalue weighted by atomic mass is 14.8. The van der Waals surface area contributed by atoms with Gasteiger partial charge in [0.1, 0.15) is 6.33 Å². The minimum Gasteiger partial charge on any atom is -0.265 e. The molecule has 4 rings (SSSR count). The second-order valence-electron chi connectivity index (χ2n) is 4.12. The molecule has 3 aromatic heterocycles. The lowest BCUT2D eigenvalue weighted by Crippen LogP contribution is -1.73. The van der Waals surface area contributed by atoms with Crippen molar-refractivity contribution in [2.45, 2.75) is 0 Å².